The fourth-order valence-corrected chi connectivity index (χ4v) is 8.59. The van der Waals surface area contributed by atoms with Crippen molar-refractivity contribution in [2.24, 2.45) is 28.6 Å². The maximum atomic E-state index is 13.0. The van der Waals surface area contributed by atoms with Crippen LogP contribution in [-0.2, 0) is 28.6 Å². The van der Waals surface area contributed by atoms with Gasteiger partial charge in [-0.3, -0.25) is 14.4 Å². The van der Waals surface area contributed by atoms with Crippen molar-refractivity contribution in [1.29, 1.82) is 0 Å². The Morgan fingerprint density at radius 2 is 1.97 bits per heavy atom. The first-order valence-corrected chi connectivity index (χ1v) is 11.4. The number of epoxide rings is 1. The molecule has 4 unspecified atom stereocenters. The fourth-order valence-electron chi connectivity index (χ4n) is 8.59. The summed E-state index contributed by atoms with van der Waals surface area (Å²) < 4.78 is 17.9. The molecule has 2 aliphatic heterocycles. The molecule has 0 radical (unpaired) electrons. The van der Waals surface area contributed by atoms with Crippen LogP contribution in [0.2, 0.25) is 0 Å². The molecule has 0 amide bonds. The molecule has 30 heavy (non-hydrogen) atoms. The Kier molecular flexibility index (Phi) is 3.53. The second-order valence-corrected chi connectivity index (χ2v) is 10.9. The number of esters is 2. The highest BCUT2D eigenvalue weighted by atomic mass is 16.6. The number of hydrogen-bond donors (Lipinski definition) is 0. The van der Waals surface area contributed by atoms with Gasteiger partial charge in [-0.15, -0.1) is 0 Å². The van der Waals surface area contributed by atoms with Crippen molar-refractivity contribution >= 4 is 17.7 Å². The Morgan fingerprint density at radius 1 is 1.17 bits per heavy atom. The van der Waals surface area contributed by atoms with Gasteiger partial charge < -0.3 is 14.2 Å². The van der Waals surface area contributed by atoms with Crippen LogP contribution in [0.25, 0.3) is 0 Å². The molecule has 2 heterocycles. The minimum Gasteiger partial charge on any atom is -0.469 e. The van der Waals surface area contributed by atoms with E-state index in [-0.39, 0.29) is 46.5 Å². The lowest BCUT2D eigenvalue weighted by Gasteiger charge is -2.57. The average molecular weight is 414 g/mol. The van der Waals surface area contributed by atoms with E-state index >= 15 is 0 Å². The molecule has 0 N–H and O–H groups in total. The van der Waals surface area contributed by atoms with E-state index in [9.17, 15) is 14.4 Å². The van der Waals surface area contributed by atoms with Crippen LogP contribution >= 0.6 is 0 Å². The predicted molar refractivity (Wildman–Crippen MR) is 105 cm³/mol. The summed E-state index contributed by atoms with van der Waals surface area (Å²) in [5.41, 5.74) is -0.191. The molecule has 4 aliphatic carbocycles. The Labute approximate surface area is 176 Å². The Morgan fingerprint density at radius 3 is 2.67 bits per heavy atom. The molecular weight excluding hydrogens is 384 g/mol. The molecule has 0 bridgehead atoms. The molecule has 2 saturated heterocycles. The zero-order valence-corrected chi connectivity index (χ0v) is 18.0. The van der Waals surface area contributed by atoms with Crippen LogP contribution in [0.3, 0.4) is 0 Å². The number of ketones is 1. The van der Waals surface area contributed by atoms with E-state index in [1.165, 1.54) is 7.11 Å². The van der Waals surface area contributed by atoms with Crippen molar-refractivity contribution in [2.75, 3.05) is 7.11 Å². The van der Waals surface area contributed by atoms with Crippen LogP contribution in [-0.4, -0.2) is 42.1 Å². The normalized spacial score (nSPS) is 53.2. The summed E-state index contributed by atoms with van der Waals surface area (Å²) >= 11 is 0. The van der Waals surface area contributed by atoms with Gasteiger partial charge in [0.15, 0.2) is 0 Å². The molecule has 6 aliphatic rings. The zero-order valence-electron chi connectivity index (χ0n) is 18.0. The van der Waals surface area contributed by atoms with Crippen LogP contribution in [0.1, 0.15) is 65.2 Å². The largest absolute Gasteiger partial charge is 0.469 e. The third-order valence-corrected chi connectivity index (χ3v) is 10.2. The van der Waals surface area contributed by atoms with E-state index in [2.05, 4.69) is 19.9 Å². The molecule has 6 heteroatoms. The predicted octanol–water partition coefficient (Wildman–Crippen LogP) is 3.12. The standard InChI is InChI=1S/C24H30O6/c1-21-7-4-14(25)10-13(21)11-15(20(27)28-3)19-16-5-8-23(9-6-18(26)30-23)22(16,2)12-17-24(19,21)29-17/h11,15-17,19H,4-10,12H2,1-3H3/t15?,16?,17?,19-,21-,22-,23+,24?/m0/s1. The van der Waals surface area contributed by atoms with E-state index in [0.29, 0.717) is 19.3 Å². The quantitative estimate of drug-likeness (QED) is 0.372. The monoisotopic (exact) mass is 414 g/mol. The summed E-state index contributed by atoms with van der Waals surface area (Å²) in [6.45, 7) is 4.50. The number of hydrogen-bond acceptors (Lipinski definition) is 6. The van der Waals surface area contributed by atoms with Crippen molar-refractivity contribution in [2.45, 2.75) is 82.5 Å². The van der Waals surface area contributed by atoms with E-state index < -0.39 is 17.1 Å². The maximum absolute atomic E-state index is 13.0. The molecule has 0 aromatic carbocycles. The minimum atomic E-state index is -0.430. The summed E-state index contributed by atoms with van der Waals surface area (Å²) in [5.74, 6) is -0.292. The Balaban J connectivity index is 1.50. The molecular formula is C24H30O6. The van der Waals surface area contributed by atoms with Gasteiger partial charge in [0.1, 0.15) is 17.0 Å². The highest BCUT2D eigenvalue weighted by Crippen LogP contribution is 2.77. The fraction of sp³-hybridized carbons (Fsp3) is 0.792. The third-order valence-electron chi connectivity index (χ3n) is 10.2. The lowest BCUT2D eigenvalue weighted by molar-refractivity contribution is -0.169. The Hall–Kier alpha value is -1.69. The summed E-state index contributed by atoms with van der Waals surface area (Å²) in [6.07, 6.45) is 7.74. The van der Waals surface area contributed by atoms with Crippen LogP contribution in [0, 0.1) is 28.6 Å². The van der Waals surface area contributed by atoms with Gasteiger partial charge in [-0.1, -0.05) is 25.5 Å². The van der Waals surface area contributed by atoms with Crippen LogP contribution in [0.5, 0.6) is 0 Å². The average Bonchev–Trinajstić information content (AvgIpc) is 3.20. The van der Waals surface area contributed by atoms with Gasteiger partial charge in [-0.05, 0) is 38.0 Å². The molecule has 162 valence electrons. The number of carbonyl (C=O) groups is 3. The van der Waals surface area contributed by atoms with Gasteiger partial charge in [-0.2, -0.15) is 0 Å². The number of fused-ring (bicyclic) bond motifs is 4. The van der Waals surface area contributed by atoms with Crippen molar-refractivity contribution in [3.8, 4) is 0 Å². The summed E-state index contributed by atoms with van der Waals surface area (Å²) in [4.78, 5) is 37.4. The Bertz CT molecular complexity index is 907. The smallest absolute Gasteiger partial charge is 0.312 e. The molecule has 3 saturated carbocycles. The van der Waals surface area contributed by atoms with Gasteiger partial charge in [0.25, 0.3) is 0 Å². The van der Waals surface area contributed by atoms with E-state index in [1.807, 2.05) is 0 Å². The number of Topliss-reactive ketones (excluding diaryl/α,β-unsaturated/α-hetero) is 1. The van der Waals surface area contributed by atoms with Crippen LogP contribution in [0.15, 0.2) is 11.6 Å². The second-order valence-electron chi connectivity index (χ2n) is 10.9. The molecule has 8 atom stereocenters. The van der Waals surface area contributed by atoms with Crippen molar-refractivity contribution < 1.29 is 28.6 Å². The van der Waals surface area contributed by atoms with Gasteiger partial charge in [0.2, 0.25) is 0 Å². The first-order valence-electron chi connectivity index (χ1n) is 11.4. The number of carbonyl (C=O) groups excluding carboxylic acids is 3. The van der Waals surface area contributed by atoms with Gasteiger partial charge >= 0.3 is 11.9 Å². The topological polar surface area (TPSA) is 82.2 Å². The minimum absolute atomic E-state index is 0.00525. The molecule has 5 fully saturated rings. The highest BCUT2D eigenvalue weighted by Gasteiger charge is 2.83. The van der Waals surface area contributed by atoms with Gasteiger partial charge in [-0.25, -0.2) is 0 Å². The highest BCUT2D eigenvalue weighted by molar-refractivity contribution is 5.84. The molecule has 6 nitrogen and oxygen atoms in total. The first-order chi connectivity index (χ1) is 14.2. The first kappa shape index (κ1) is 19.0. The third kappa shape index (κ3) is 1.94. The van der Waals surface area contributed by atoms with Crippen molar-refractivity contribution in [3.63, 3.8) is 0 Å². The SMILES string of the molecule is COC(=O)C1C=C2CC(=O)CC[C@]2(C)C23OC2C[C@@]2(C)C(CC[C@@]24CCC(=O)O4)[C@H]13. The number of methoxy groups -OCH3 is 1. The maximum Gasteiger partial charge on any atom is 0.312 e. The summed E-state index contributed by atoms with van der Waals surface area (Å²) in [7, 11) is 1.44. The van der Waals surface area contributed by atoms with E-state index in [0.717, 1.165) is 37.7 Å². The molecule has 0 aromatic heterocycles. The lowest BCUT2D eigenvalue weighted by Crippen LogP contribution is -2.62. The summed E-state index contributed by atoms with van der Waals surface area (Å²) in [6, 6.07) is 0. The number of rotatable bonds is 1. The summed E-state index contributed by atoms with van der Waals surface area (Å²) in [5, 5.41) is 0. The molecule has 0 aromatic rings. The van der Waals surface area contributed by atoms with Gasteiger partial charge in [0, 0.05) is 36.0 Å². The van der Waals surface area contributed by atoms with Crippen molar-refractivity contribution in [3.05, 3.63) is 11.6 Å². The zero-order chi connectivity index (χ0) is 21.1. The molecule has 6 rings (SSSR count). The molecule has 2 spiro atoms. The second kappa shape index (κ2) is 5.56. The lowest BCUT2D eigenvalue weighted by atomic mass is 9.44. The van der Waals surface area contributed by atoms with Crippen LogP contribution in [0.4, 0.5) is 0 Å². The van der Waals surface area contributed by atoms with E-state index in [1.54, 1.807) is 0 Å². The van der Waals surface area contributed by atoms with Crippen LogP contribution < -0.4 is 0 Å². The van der Waals surface area contributed by atoms with Crippen molar-refractivity contribution in [1.82, 2.24) is 0 Å². The number of ether oxygens (including phenoxy) is 3. The van der Waals surface area contributed by atoms with Gasteiger partial charge in [0.05, 0.1) is 19.1 Å². The van der Waals surface area contributed by atoms with E-state index in [4.69, 9.17) is 14.2 Å².